The van der Waals surface area contributed by atoms with Crippen molar-refractivity contribution in [1.82, 2.24) is 15.0 Å². The SMILES string of the molecule is Cc1ccc(S(=O)(=O)N[C@@H](C)C(=O)OCc2csc(CC(=O)NCc3ccccc3)n2)cc1. The quantitative estimate of drug-likeness (QED) is 0.425. The zero-order valence-electron chi connectivity index (χ0n) is 18.3. The number of hydrogen-bond donors (Lipinski definition) is 2. The molecule has 0 aliphatic carbocycles. The molecule has 1 aromatic heterocycles. The predicted molar refractivity (Wildman–Crippen MR) is 125 cm³/mol. The molecule has 2 N–H and O–H groups in total. The van der Waals surface area contributed by atoms with Crippen LogP contribution in [0.2, 0.25) is 0 Å². The highest BCUT2D eigenvalue weighted by Crippen LogP contribution is 2.13. The van der Waals surface area contributed by atoms with Crippen molar-refractivity contribution in [2.45, 2.75) is 44.4 Å². The molecule has 3 aromatic rings. The van der Waals surface area contributed by atoms with Crippen molar-refractivity contribution in [1.29, 1.82) is 0 Å². The van der Waals surface area contributed by atoms with E-state index in [1.54, 1.807) is 17.5 Å². The largest absolute Gasteiger partial charge is 0.458 e. The molecule has 10 heteroatoms. The molecule has 0 saturated carbocycles. The maximum atomic E-state index is 12.4. The molecular formula is C23H25N3O5S2. The molecule has 1 heterocycles. The molecule has 0 aliphatic heterocycles. The summed E-state index contributed by atoms with van der Waals surface area (Å²) in [6, 6.07) is 14.8. The monoisotopic (exact) mass is 487 g/mol. The van der Waals surface area contributed by atoms with Crippen molar-refractivity contribution in [3.8, 4) is 0 Å². The van der Waals surface area contributed by atoms with E-state index in [0.717, 1.165) is 11.1 Å². The summed E-state index contributed by atoms with van der Waals surface area (Å²) < 4.78 is 32.3. The second-order valence-electron chi connectivity index (χ2n) is 7.44. The Bertz CT molecular complexity index is 1190. The Morgan fingerprint density at radius 3 is 2.48 bits per heavy atom. The van der Waals surface area contributed by atoms with Gasteiger partial charge in [-0.2, -0.15) is 4.72 Å². The minimum absolute atomic E-state index is 0.0717. The molecule has 1 amide bonds. The van der Waals surface area contributed by atoms with Gasteiger partial charge in [-0.25, -0.2) is 13.4 Å². The summed E-state index contributed by atoms with van der Waals surface area (Å²) in [5, 5.41) is 5.14. The molecule has 0 saturated heterocycles. The zero-order chi connectivity index (χ0) is 23.8. The van der Waals surface area contributed by atoms with Gasteiger partial charge in [-0.15, -0.1) is 11.3 Å². The van der Waals surface area contributed by atoms with Crippen LogP contribution in [0.5, 0.6) is 0 Å². The zero-order valence-corrected chi connectivity index (χ0v) is 19.9. The fourth-order valence-electron chi connectivity index (χ4n) is 2.83. The van der Waals surface area contributed by atoms with E-state index in [4.69, 9.17) is 4.74 Å². The number of ether oxygens (including phenoxy) is 1. The molecule has 0 aliphatic rings. The van der Waals surface area contributed by atoms with Crippen LogP contribution in [0.4, 0.5) is 0 Å². The Hall–Kier alpha value is -3.08. The summed E-state index contributed by atoms with van der Waals surface area (Å²) >= 11 is 1.29. The fraction of sp³-hybridized carbons (Fsp3) is 0.261. The minimum atomic E-state index is -3.85. The molecule has 8 nitrogen and oxygen atoms in total. The lowest BCUT2D eigenvalue weighted by atomic mass is 10.2. The third-order valence-corrected chi connectivity index (χ3v) is 7.08. The number of esters is 1. The Morgan fingerprint density at radius 2 is 1.79 bits per heavy atom. The third-order valence-electron chi connectivity index (χ3n) is 4.62. The second kappa shape index (κ2) is 11.2. The average Bonchev–Trinajstić information content (AvgIpc) is 3.24. The van der Waals surface area contributed by atoms with Crippen LogP contribution in [0.1, 0.15) is 28.8 Å². The van der Waals surface area contributed by atoms with Gasteiger partial charge in [-0.05, 0) is 31.5 Å². The summed E-state index contributed by atoms with van der Waals surface area (Å²) in [6.45, 7) is 3.59. The topological polar surface area (TPSA) is 114 Å². The number of amides is 1. The standard InChI is InChI=1S/C23H25N3O5S2/c1-16-8-10-20(11-9-16)33(29,30)26-17(2)23(28)31-14-19-15-32-22(25-19)12-21(27)24-13-18-6-4-3-5-7-18/h3-11,15,17,26H,12-14H2,1-2H3,(H,24,27)/t17-/m0/s1. The smallest absolute Gasteiger partial charge is 0.324 e. The molecular weight excluding hydrogens is 462 g/mol. The summed E-state index contributed by atoms with van der Waals surface area (Å²) in [6.07, 6.45) is 0.123. The predicted octanol–water partition coefficient (Wildman–Crippen LogP) is 2.72. The summed E-state index contributed by atoms with van der Waals surface area (Å²) in [5.41, 5.74) is 2.43. The number of sulfonamides is 1. The number of aryl methyl sites for hydroxylation is 1. The van der Waals surface area contributed by atoms with Gasteiger partial charge in [0.15, 0.2) is 0 Å². The second-order valence-corrected chi connectivity index (χ2v) is 10.1. The number of nitrogens with zero attached hydrogens (tertiary/aromatic N) is 1. The summed E-state index contributed by atoms with van der Waals surface area (Å²) in [4.78, 5) is 28.8. The molecule has 1 atom stereocenters. The molecule has 0 bridgehead atoms. The fourth-order valence-corrected chi connectivity index (χ4v) is 4.80. The first-order valence-electron chi connectivity index (χ1n) is 10.2. The van der Waals surface area contributed by atoms with Crippen LogP contribution >= 0.6 is 11.3 Å². The van der Waals surface area contributed by atoms with Gasteiger partial charge >= 0.3 is 5.97 Å². The van der Waals surface area contributed by atoms with Crippen LogP contribution in [0.3, 0.4) is 0 Å². The van der Waals surface area contributed by atoms with Crippen molar-refractivity contribution in [3.05, 3.63) is 81.8 Å². The Balaban J connectivity index is 1.45. The molecule has 174 valence electrons. The normalized spacial score (nSPS) is 12.2. The van der Waals surface area contributed by atoms with Crippen molar-refractivity contribution in [2.75, 3.05) is 0 Å². The molecule has 33 heavy (non-hydrogen) atoms. The first-order valence-corrected chi connectivity index (χ1v) is 12.6. The molecule has 0 radical (unpaired) electrons. The van der Waals surface area contributed by atoms with Crippen LogP contribution in [0.15, 0.2) is 64.9 Å². The van der Waals surface area contributed by atoms with Gasteiger partial charge in [0, 0.05) is 11.9 Å². The number of hydrogen-bond acceptors (Lipinski definition) is 7. The summed E-state index contributed by atoms with van der Waals surface area (Å²) in [7, 11) is -3.85. The highest BCUT2D eigenvalue weighted by molar-refractivity contribution is 7.89. The van der Waals surface area contributed by atoms with Gasteiger partial charge in [-0.3, -0.25) is 9.59 Å². The molecule has 0 spiro atoms. The van der Waals surface area contributed by atoms with E-state index in [9.17, 15) is 18.0 Å². The van der Waals surface area contributed by atoms with E-state index >= 15 is 0 Å². The van der Waals surface area contributed by atoms with E-state index in [2.05, 4.69) is 15.0 Å². The van der Waals surface area contributed by atoms with Crippen LogP contribution in [-0.2, 0) is 43.9 Å². The molecule has 3 rings (SSSR count). The number of carbonyl (C=O) groups excluding carboxylic acids is 2. The van der Waals surface area contributed by atoms with Gasteiger partial charge < -0.3 is 10.1 Å². The van der Waals surface area contributed by atoms with Crippen molar-refractivity contribution in [3.63, 3.8) is 0 Å². The Labute approximate surface area is 197 Å². The number of thiazole rings is 1. The highest BCUT2D eigenvalue weighted by atomic mass is 32.2. The number of nitrogens with one attached hydrogen (secondary N) is 2. The maximum Gasteiger partial charge on any atom is 0.324 e. The van der Waals surface area contributed by atoms with Crippen LogP contribution < -0.4 is 10.0 Å². The van der Waals surface area contributed by atoms with E-state index < -0.39 is 22.0 Å². The lowest BCUT2D eigenvalue weighted by Crippen LogP contribution is -2.39. The highest BCUT2D eigenvalue weighted by Gasteiger charge is 2.23. The lowest BCUT2D eigenvalue weighted by molar-refractivity contribution is -0.146. The number of rotatable bonds is 10. The van der Waals surface area contributed by atoms with Gasteiger partial charge in [0.25, 0.3) is 0 Å². The van der Waals surface area contributed by atoms with E-state index in [1.807, 2.05) is 37.3 Å². The molecule has 2 aromatic carbocycles. The number of benzene rings is 2. The van der Waals surface area contributed by atoms with Crippen LogP contribution in [0, 0.1) is 6.92 Å². The van der Waals surface area contributed by atoms with Crippen molar-refractivity contribution >= 4 is 33.2 Å². The van der Waals surface area contributed by atoms with Gasteiger partial charge in [-0.1, -0.05) is 48.0 Å². The first-order chi connectivity index (χ1) is 15.7. The van der Waals surface area contributed by atoms with E-state index in [-0.39, 0.29) is 23.8 Å². The van der Waals surface area contributed by atoms with Crippen molar-refractivity contribution in [2.24, 2.45) is 0 Å². The lowest BCUT2D eigenvalue weighted by Gasteiger charge is -2.13. The summed E-state index contributed by atoms with van der Waals surface area (Å²) in [5.74, 6) is -0.878. The van der Waals surface area contributed by atoms with E-state index in [1.165, 1.54) is 30.4 Å². The minimum Gasteiger partial charge on any atom is -0.458 e. The van der Waals surface area contributed by atoms with Crippen LogP contribution in [0.25, 0.3) is 0 Å². The average molecular weight is 488 g/mol. The van der Waals surface area contributed by atoms with Gasteiger partial charge in [0.2, 0.25) is 15.9 Å². The number of carbonyl (C=O) groups is 2. The molecule has 0 unspecified atom stereocenters. The first kappa shape index (κ1) is 24.6. The third kappa shape index (κ3) is 7.48. The van der Waals surface area contributed by atoms with Crippen LogP contribution in [-0.4, -0.2) is 31.3 Å². The molecule has 0 fully saturated rings. The van der Waals surface area contributed by atoms with Crippen molar-refractivity contribution < 1.29 is 22.7 Å². The van der Waals surface area contributed by atoms with E-state index in [0.29, 0.717) is 17.2 Å². The van der Waals surface area contributed by atoms with Gasteiger partial charge in [0.05, 0.1) is 17.0 Å². The Morgan fingerprint density at radius 1 is 1.09 bits per heavy atom. The maximum absolute atomic E-state index is 12.4. The Kier molecular flexibility index (Phi) is 8.32. The van der Waals surface area contributed by atoms with Gasteiger partial charge in [0.1, 0.15) is 17.7 Å². The number of aromatic nitrogens is 1.